The Morgan fingerprint density at radius 3 is 2.07 bits per heavy atom. The second kappa shape index (κ2) is 33.3. The van der Waals surface area contributed by atoms with Gasteiger partial charge in [-0.2, -0.15) is 0 Å². The fraction of sp³-hybridized carbons (Fsp3) is 0.525. The zero-order valence-corrected chi connectivity index (χ0v) is 48.1. The summed E-state index contributed by atoms with van der Waals surface area (Å²) in [7, 11) is 0. The number of halogens is 2. The first kappa shape index (κ1) is 67.6. The fourth-order valence-corrected chi connectivity index (χ4v) is 9.78. The number of hydrogen-bond donors (Lipinski definition) is 9. The normalized spacial score (nSPS) is 14.1. The summed E-state index contributed by atoms with van der Waals surface area (Å²) in [6, 6.07) is 9.22. The lowest BCUT2D eigenvalue weighted by Gasteiger charge is -2.41. The van der Waals surface area contributed by atoms with Crippen LogP contribution in [0.25, 0.3) is 11.1 Å². The van der Waals surface area contributed by atoms with Gasteiger partial charge < -0.3 is 57.7 Å². The second-order valence-electron chi connectivity index (χ2n) is 22.1. The zero-order chi connectivity index (χ0) is 61.4. The van der Waals surface area contributed by atoms with E-state index >= 15 is 4.39 Å². The topological polar surface area (TPSA) is 335 Å². The number of Topliss-reactive ketones (excluding diaryl/α,β-unsaturated/α-hetero) is 1. The van der Waals surface area contributed by atoms with Crippen LogP contribution in [0.2, 0.25) is 0 Å². The number of aliphatic hydroxyl groups is 1. The van der Waals surface area contributed by atoms with Crippen molar-refractivity contribution in [2.45, 2.75) is 142 Å². The number of aliphatic hydroxyl groups excluding tert-OH is 1. The van der Waals surface area contributed by atoms with E-state index in [0.717, 1.165) is 28.7 Å². The molecule has 2 aromatic carbocycles. The molecule has 83 heavy (non-hydrogen) atoms. The number of ketones is 1. The molecule has 24 heteroatoms. The summed E-state index contributed by atoms with van der Waals surface area (Å²) in [5.74, 6) is -8.05. The van der Waals surface area contributed by atoms with E-state index in [2.05, 4.69) is 26.6 Å². The van der Waals surface area contributed by atoms with E-state index in [-0.39, 0.29) is 107 Å². The Balaban J connectivity index is 1.27. The highest BCUT2D eigenvalue weighted by Gasteiger charge is 2.38. The molecule has 0 spiro atoms. The van der Waals surface area contributed by atoms with E-state index in [1.807, 2.05) is 55.7 Å². The van der Waals surface area contributed by atoms with E-state index < -0.39 is 101 Å². The maximum atomic E-state index is 15.2. The maximum Gasteiger partial charge on any atom is 0.326 e. The molecule has 1 aliphatic rings. The third kappa shape index (κ3) is 22.1. The number of nitrogens with two attached hydrogens (primary N) is 2. The summed E-state index contributed by atoms with van der Waals surface area (Å²) in [6.45, 7) is 8.82. The van der Waals surface area contributed by atoms with Crippen LogP contribution in [0.15, 0.2) is 72.9 Å². The van der Waals surface area contributed by atoms with Gasteiger partial charge in [0.1, 0.15) is 24.3 Å². The smallest absolute Gasteiger partial charge is 0.326 e. The number of amides is 9. The highest BCUT2D eigenvalue weighted by atomic mass is 19.1. The molecule has 0 saturated carbocycles. The average molecular weight is 1160 g/mol. The van der Waals surface area contributed by atoms with E-state index in [0.29, 0.717) is 43.5 Å². The SMILES string of the molecule is CC(C)[C@H](NC(=O)CCCCCN1C(=O)C=CC1=O)C(=O)C[C@@H](CCCNC(N)=O)C(=O)N[C@@H](CCCCNC(=O)CCNC(=O)[C@@H](N)CCN(C(=O)CO)[C@@H](c1cc(-c2cc(F)ccc2F)cn1Cc1ccccc1)C(C)(C)C)C(=O)O. The zero-order valence-electron chi connectivity index (χ0n) is 48.1. The summed E-state index contributed by atoms with van der Waals surface area (Å²) in [4.78, 5) is 130. The molecule has 454 valence electrons. The number of primary amides is 1. The van der Waals surface area contributed by atoms with Gasteiger partial charge in [-0.15, -0.1) is 0 Å². The molecule has 22 nitrogen and oxygen atoms in total. The number of imide groups is 1. The number of nitrogens with zero attached hydrogens (tertiary/aromatic N) is 3. The molecule has 0 fully saturated rings. The second-order valence-corrected chi connectivity index (χ2v) is 22.1. The van der Waals surface area contributed by atoms with E-state index in [1.54, 1.807) is 26.1 Å². The van der Waals surface area contributed by atoms with Crippen molar-refractivity contribution in [3.8, 4) is 11.1 Å². The summed E-state index contributed by atoms with van der Waals surface area (Å²) < 4.78 is 31.5. The van der Waals surface area contributed by atoms with Crippen molar-refractivity contribution in [2.75, 3.05) is 39.3 Å². The number of aromatic nitrogens is 1. The van der Waals surface area contributed by atoms with Crippen LogP contribution in [0, 0.1) is 28.9 Å². The number of hydrogen-bond acceptors (Lipinski definition) is 12. The average Bonchev–Trinajstić information content (AvgIpc) is 4.21. The van der Waals surface area contributed by atoms with Crippen LogP contribution >= 0.6 is 0 Å². The number of unbranched alkanes of at least 4 members (excludes halogenated alkanes) is 3. The van der Waals surface area contributed by atoms with Gasteiger partial charge in [-0.25, -0.2) is 18.4 Å². The molecule has 1 aliphatic heterocycles. The van der Waals surface area contributed by atoms with E-state index in [4.69, 9.17) is 11.5 Å². The molecule has 1 aromatic heterocycles. The molecule has 4 rings (SSSR count). The lowest BCUT2D eigenvalue weighted by Crippen LogP contribution is -2.48. The summed E-state index contributed by atoms with van der Waals surface area (Å²) in [5, 5.41) is 33.3. The minimum absolute atomic E-state index is 0.0202. The van der Waals surface area contributed by atoms with E-state index in [9.17, 15) is 62.5 Å². The van der Waals surface area contributed by atoms with Gasteiger partial charge in [0.15, 0.2) is 5.78 Å². The predicted octanol–water partition coefficient (Wildman–Crippen LogP) is 4.12. The van der Waals surface area contributed by atoms with Crippen molar-refractivity contribution in [1.82, 2.24) is 41.0 Å². The third-order valence-electron chi connectivity index (χ3n) is 14.1. The van der Waals surface area contributed by atoms with Gasteiger partial charge in [0.25, 0.3) is 11.8 Å². The number of nitrogens with one attached hydrogen (secondary N) is 5. The molecule has 0 aliphatic carbocycles. The largest absolute Gasteiger partial charge is 0.480 e. The number of carboxylic acid groups (broad SMARTS) is 1. The van der Waals surface area contributed by atoms with Crippen molar-refractivity contribution in [1.29, 1.82) is 0 Å². The number of urea groups is 1. The van der Waals surface area contributed by atoms with Gasteiger partial charge in [0.05, 0.1) is 18.1 Å². The molecule has 5 atom stereocenters. The van der Waals surface area contributed by atoms with Crippen LogP contribution in [-0.4, -0.2) is 141 Å². The minimum Gasteiger partial charge on any atom is -0.480 e. The molecule has 0 bridgehead atoms. The molecule has 2 heterocycles. The maximum absolute atomic E-state index is 15.2. The van der Waals surface area contributed by atoms with Gasteiger partial charge >= 0.3 is 12.0 Å². The number of carbonyl (C=O) groups excluding carboxylic acids is 9. The standard InChI is InChI=1S/C59H82F2N10O12/c1-37(2)53(68-49(75)19-10-7-13-29-70-50(76)22-23-51(70)77)47(73)32-39(17-14-27-66-58(63)83)55(79)67-45(57(81)82)18-11-12-26-64-48(74)24-28-65-56(80)44(62)25-30-71(52(78)36-72)54(59(3,4)5)46-31-40(42-33-41(60)20-21-43(42)61)35-69(46)34-38-15-8-6-9-16-38/h6,8-9,15-16,20-23,31,33,35,37,39,44-45,53-54,72H,7,10-14,17-19,24-30,32,34,36,62H2,1-5H3,(H,64,74)(H,65,80)(H,67,79)(H,68,75)(H,81,82)(H3,63,66,83)/t39-,44+,45+,53+,54+/m1/s1. The van der Waals surface area contributed by atoms with Crippen LogP contribution < -0.4 is 38.1 Å². The molecule has 0 unspecified atom stereocenters. The molecule has 0 radical (unpaired) electrons. The molecule has 11 N–H and O–H groups in total. The van der Waals surface area contributed by atoms with E-state index in [1.165, 1.54) is 17.1 Å². The van der Waals surface area contributed by atoms with Crippen molar-refractivity contribution in [2.24, 2.45) is 28.7 Å². The highest BCUT2D eigenvalue weighted by molar-refractivity contribution is 6.12. The van der Waals surface area contributed by atoms with Crippen LogP contribution in [0.5, 0.6) is 0 Å². The Morgan fingerprint density at radius 1 is 0.747 bits per heavy atom. The Hall–Kier alpha value is -7.86. The number of aliphatic carboxylic acids is 1. The lowest BCUT2D eigenvalue weighted by molar-refractivity contribution is -0.143. The van der Waals surface area contributed by atoms with Crippen LogP contribution in [0.3, 0.4) is 0 Å². The lowest BCUT2D eigenvalue weighted by atomic mass is 9.82. The summed E-state index contributed by atoms with van der Waals surface area (Å²) in [6.07, 6.45) is 5.89. The van der Waals surface area contributed by atoms with Crippen molar-refractivity contribution >= 4 is 59.1 Å². The van der Waals surface area contributed by atoms with Gasteiger partial charge in [0.2, 0.25) is 29.5 Å². The number of carbonyl (C=O) groups is 10. The van der Waals surface area contributed by atoms with Crippen LogP contribution in [0.1, 0.15) is 129 Å². The Labute approximate surface area is 482 Å². The first-order valence-electron chi connectivity index (χ1n) is 28.1. The van der Waals surface area contributed by atoms with Crippen molar-refractivity contribution in [3.05, 3.63) is 95.8 Å². The number of rotatable bonds is 36. The molecular weight excluding hydrogens is 1080 g/mol. The fourth-order valence-electron chi connectivity index (χ4n) is 9.78. The first-order chi connectivity index (χ1) is 39.3. The first-order valence-corrected chi connectivity index (χ1v) is 28.1. The quantitative estimate of drug-likeness (QED) is 0.0293. The van der Waals surface area contributed by atoms with Gasteiger partial charge in [-0.1, -0.05) is 71.4 Å². The third-order valence-corrected chi connectivity index (χ3v) is 14.1. The number of benzene rings is 2. The van der Waals surface area contributed by atoms with Crippen molar-refractivity contribution < 1.29 is 66.9 Å². The highest BCUT2D eigenvalue weighted by Crippen LogP contribution is 2.41. The summed E-state index contributed by atoms with van der Waals surface area (Å²) in [5.41, 5.74) is 12.6. The minimum atomic E-state index is -1.36. The molecule has 9 amide bonds. The molecule has 0 saturated heterocycles. The predicted molar refractivity (Wildman–Crippen MR) is 304 cm³/mol. The Morgan fingerprint density at radius 2 is 1.43 bits per heavy atom. The van der Waals surface area contributed by atoms with Crippen LogP contribution in [0.4, 0.5) is 13.6 Å². The molecule has 3 aromatic rings. The Bertz CT molecular complexity index is 2750. The van der Waals surface area contributed by atoms with Gasteiger partial charge in [0, 0.05) is 99.6 Å². The Kier molecular flexibility index (Phi) is 27.1. The summed E-state index contributed by atoms with van der Waals surface area (Å²) >= 11 is 0. The monoisotopic (exact) mass is 1160 g/mol. The van der Waals surface area contributed by atoms with Gasteiger partial charge in [-0.3, -0.25) is 43.3 Å². The molecular formula is C59H82F2N10O12. The van der Waals surface area contributed by atoms with Gasteiger partial charge in [-0.05, 0) is 92.5 Å². The number of carboxylic acids is 1. The van der Waals surface area contributed by atoms with Crippen molar-refractivity contribution in [3.63, 3.8) is 0 Å². The van der Waals surface area contributed by atoms with Crippen LogP contribution in [-0.2, 0) is 49.7 Å².